The molecule has 0 radical (unpaired) electrons. The fourth-order valence-corrected chi connectivity index (χ4v) is 7.27. The van der Waals surface area contributed by atoms with Crippen molar-refractivity contribution in [1.29, 1.82) is 0 Å². The van der Waals surface area contributed by atoms with E-state index in [0.29, 0.717) is 24.0 Å². The summed E-state index contributed by atoms with van der Waals surface area (Å²) >= 11 is 0. The van der Waals surface area contributed by atoms with Gasteiger partial charge >= 0.3 is 0 Å². The molecule has 7 unspecified atom stereocenters. The Hall–Kier alpha value is -0.840. The van der Waals surface area contributed by atoms with Crippen molar-refractivity contribution in [3.05, 3.63) is 23.4 Å². The monoisotopic (exact) mass is 400 g/mol. The molecule has 1 heterocycles. The number of nitrogens with one attached hydrogen (secondary N) is 2. The molecule has 0 saturated heterocycles. The highest BCUT2D eigenvalue weighted by molar-refractivity contribution is 5.31. The van der Waals surface area contributed by atoms with Crippen molar-refractivity contribution >= 4 is 0 Å². The van der Waals surface area contributed by atoms with E-state index in [1.54, 1.807) is 5.57 Å². The lowest BCUT2D eigenvalue weighted by atomic mass is 9.53. The van der Waals surface area contributed by atoms with Crippen molar-refractivity contribution in [2.75, 3.05) is 0 Å². The van der Waals surface area contributed by atoms with Gasteiger partial charge in [-0.25, -0.2) is 0 Å². The van der Waals surface area contributed by atoms with Crippen LogP contribution in [0.5, 0.6) is 0 Å². The maximum atomic E-state index is 10.3. The van der Waals surface area contributed by atoms with Crippen LogP contribution in [0.25, 0.3) is 0 Å². The second kappa shape index (κ2) is 8.36. The van der Waals surface area contributed by atoms with Gasteiger partial charge in [0.05, 0.1) is 12.2 Å². The van der Waals surface area contributed by atoms with Crippen LogP contribution in [-0.2, 0) is 0 Å². The quantitative estimate of drug-likeness (QED) is 0.544. The average Bonchev–Trinajstić information content (AvgIpc) is 2.66. The van der Waals surface area contributed by atoms with Crippen molar-refractivity contribution < 1.29 is 10.2 Å². The van der Waals surface area contributed by atoms with Gasteiger partial charge in [0.15, 0.2) is 0 Å². The number of aliphatic hydroxyl groups excluding tert-OH is 2. The maximum Gasteiger partial charge on any atom is 0.0727 e. The van der Waals surface area contributed by atoms with Crippen molar-refractivity contribution in [3.8, 4) is 0 Å². The van der Waals surface area contributed by atoms with Crippen LogP contribution >= 0.6 is 0 Å². The van der Waals surface area contributed by atoms with E-state index < -0.39 is 0 Å². The Balaban J connectivity index is 1.37. The first-order chi connectivity index (χ1) is 14.1. The SMILES string of the molecule is CC(NC1CCC(O)CC1)C1NC(C2CC=CC(O)C2)=C2CCCCC3CC2C31. The first-order valence-electron chi connectivity index (χ1n) is 12.4. The Kier molecular flexibility index (Phi) is 5.79. The van der Waals surface area contributed by atoms with Gasteiger partial charge < -0.3 is 20.8 Å². The lowest BCUT2D eigenvalue weighted by Crippen LogP contribution is -2.63. The molecule has 2 bridgehead atoms. The summed E-state index contributed by atoms with van der Waals surface area (Å²) in [4.78, 5) is 0. The van der Waals surface area contributed by atoms with Crippen molar-refractivity contribution in [2.24, 2.45) is 23.7 Å². The molecule has 0 aromatic heterocycles. The lowest BCUT2D eigenvalue weighted by molar-refractivity contribution is 0.0139. The van der Waals surface area contributed by atoms with Crippen LogP contribution in [0.15, 0.2) is 23.4 Å². The Labute approximate surface area is 176 Å². The maximum absolute atomic E-state index is 10.3. The lowest BCUT2D eigenvalue weighted by Gasteiger charge is -2.58. The van der Waals surface area contributed by atoms with E-state index in [4.69, 9.17) is 0 Å². The highest BCUT2D eigenvalue weighted by Crippen LogP contribution is 2.56. The van der Waals surface area contributed by atoms with Gasteiger partial charge in [0.2, 0.25) is 0 Å². The zero-order valence-corrected chi connectivity index (χ0v) is 18.0. The topological polar surface area (TPSA) is 64.5 Å². The molecule has 3 fully saturated rings. The normalized spacial score (nSPS) is 45.6. The van der Waals surface area contributed by atoms with Crippen LogP contribution in [-0.4, -0.2) is 40.5 Å². The molecule has 3 saturated carbocycles. The van der Waals surface area contributed by atoms with E-state index in [2.05, 4.69) is 23.6 Å². The van der Waals surface area contributed by atoms with Crippen LogP contribution in [0.3, 0.4) is 0 Å². The Morgan fingerprint density at radius 3 is 2.69 bits per heavy atom. The predicted molar refractivity (Wildman–Crippen MR) is 116 cm³/mol. The van der Waals surface area contributed by atoms with Gasteiger partial charge in [0.1, 0.15) is 0 Å². The van der Waals surface area contributed by atoms with Crippen molar-refractivity contribution in [1.82, 2.24) is 10.6 Å². The molecule has 4 N–H and O–H groups in total. The minimum absolute atomic E-state index is 0.0858. The first-order valence-corrected chi connectivity index (χ1v) is 12.4. The highest BCUT2D eigenvalue weighted by atomic mass is 16.3. The first kappa shape index (κ1) is 20.1. The van der Waals surface area contributed by atoms with Gasteiger partial charge in [-0.2, -0.15) is 0 Å². The number of hydrogen-bond acceptors (Lipinski definition) is 4. The molecule has 5 rings (SSSR count). The largest absolute Gasteiger partial charge is 0.393 e. The summed E-state index contributed by atoms with van der Waals surface area (Å²) < 4.78 is 0. The molecule has 5 aliphatic rings. The Morgan fingerprint density at radius 1 is 1.07 bits per heavy atom. The number of allylic oxidation sites excluding steroid dienone is 3. The van der Waals surface area contributed by atoms with E-state index in [1.807, 2.05) is 6.08 Å². The van der Waals surface area contributed by atoms with Gasteiger partial charge in [-0.15, -0.1) is 0 Å². The predicted octanol–water partition coefficient (Wildman–Crippen LogP) is 3.65. The zero-order valence-electron chi connectivity index (χ0n) is 18.0. The molecule has 4 heteroatoms. The second-order valence-corrected chi connectivity index (χ2v) is 10.7. The third kappa shape index (κ3) is 3.93. The summed E-state index contributed by atoms with van der Waals surface area (Å²) in [5.74, 6) is 2.92. The van der Waals surface area contributed by atoms with Crippen LogP contribution in [0, 0.1) is 23.7 Å². The summed E-state index contributed by atoms with van der Waals surface area (Å²) in [6.07, 6.45) is 16.6. The number of fused-ring (bicyclic) bond motifs is 2. The molecule has 0 aromatic carbocycles. The summed E-state index contributed by atoms with van der Waals surface area (Å²) in [7, 11) is 0. The van der Waals surface area contributed by atoms with Gasteiger partial charge in [-0.3, -0.25) is 0 Å². The van der Waals surface area contributed by atoms with Crippen LogP contribution < -0.4 is 10.6 Å². The van der Waals surface area contributed by atoms with Gasteiger partial charge in [-0.1, -0.05) is 25.0 Å². The molecule has 1 aliphatic heterocycles. The van der Waals surface area contributed by atoms with E-state index >= 15 is 0 Å². The molecular weight excluding hydrogens is 360 g/mol. The van der Waals surface area contributed by atoms with Crippen LogP contribution in [0.1, 0.15) is 77.6 Å². The molecule has 0 spiro atoms. The summed E-state index contributed by atoms with van der Waals surface area (Å²) in [5, 5.41) is 28.2. The molecule has 162 valence electrons. The third-order valence-corrected chi connectivity index (χ3v) is 8.81. The van der Waals surface area contributed by atoms with Crippen LogP contribution in [0.2, 0.25) is 0 Å². The van der Waals surface area contributed by atoms with Gasteiger partial charge in [-0.05, 0) is 88.0 Å². The number of rotatable bonds is 4. The standard InChI is InChI=1S/C25H40N2O2/c1-15(26-18-9-11-19(28)12-10-18)24-23-16-5-2-3-8-21(22(23)14-16)25(27-24)17-6-4-7-20(29)13-17/h4,7,15-20,22-24,26-29H,2-3,5-6,8-14H2,1H3. The Morgan fingerprint density at radius 2 is 1.90 bits per heavy atom. The third-order valence-electron chi connectivity index (χ3n) is 8.81. The molecular formula is C25H40N2O2. The molecule has 4 nitrogen and oxygen atoms in total. The molecule has 0 aromatic rings. The van der Waals surface area contributed by atoms with Crippen LogP contribution in [0.4, 0.5) is 0 Å². The molecule has 29 heavy (non-hydrogen) atoms. The minimum Gasteiger partial charge on any atom is -0.393 e. The second-order valence-electron chi connectivity index (χ2n) is 10.7. The van der Waals surface area contributed by atoms with Crippen molar-refractivity contribution in [2.45, 2.75) is 108 Å². The minimum atomic E-state index is -0.285. The fourth-order valence-electron chi connectivity index (χ4n) is 7.27. The Bertz CT molecular complexity index is 651. The zero-order chi connectivity index (χ0) is 20.0. The van der Waals surface area contributed by atoms with E-state index in [1.165, 1.54) is 37.8 Å². The fraction of sp³-hybridized carbons (Fsp3) is 0.840. The van der Waals surface area contributed by atoms with E-state index in [0.717, 1.165) is 56.3 Å². The smallest absolute Gasteiger partial charge is 0.0727 e. The van der Waals surface area contributed by atoms with Gasteiger partial charge in [0, 0.05) is 29.7 Å². The van der Waals surface area contributed by atoms with E-state index in [-0.39, 0.29) is 12.2 Å². The molecule has 7 atom stereocenters. The molecule has 0 amide bonds. The summed E-state index contributed by atoms with van der Waals surface area (Å²) in [5.41, 5.74) is 3.23. The number of hydrogen-bond donors (Lipinski definition) is 4. The van der Waals surface area contributed by atoms with Crippen molar-refractivity contribution in [3.63, 3.8) is 0 Å². The summed E-state index contributed by atoms with van der Waals surface area (Å²) in [6.45, 7) is 2.39. The average molecular weight is 401 g/mol. The van der Waals surface area contributed by atoms with E-state index in [9.17, 15) is 10.2 Å². The number of aliphatic hydroxyl groups is 2. The summed E-state index contributed by atoms with van der Waals surface area (Å²) in [6, 6.07) is 1.50. The van der Waals surface area contributed by atoms with Gasteiger partial charge in [0.25, 0.3) is 0 Å². The molecule has 4 aliphatic carbocycles. The highest BCUT2D eigenvalue weighted by Gasteiger charge is 2.52.